The smallest absolute Gasteiger partial charge is 0.0747 e. The van der Waals surface area contributed by atoms with Crippen molar-refractivity contribution in [2.45, 2.75) is 50.3 Å². The molecule has 0 spiro atoms. The number of aliphatic hydroxyl groups excluding tert-OH is 1. The summed E-state index contributed by atoms with van der Waals surface area (Å²) >= 11 is 2.33. The Bertz CT molecular complexity index is 558. The summed E-state index contributed by atoms with van der Waals surface area (Å²) in [6.07, 6.45) is 2.41. The van der Waals surface area contributed by atoms with Crippen LogP contribution in [0.4, 0.5) is 0 Å². The molecule has 0 radical (unpaired) electrons. The largest absolute Gasteiger partial charge is 0.391 e. The summed E-state index contributed by atoms with van der Waals surface area (Å²) in [4.78, 5) is 5.17. The molecular weight excluding hydrogens is 391 g/mol. The van der Waals surface area contributed by atoms with Crippen LogP contribution < -0.4 is 10.8 Å². The average molecular weight is 414 g/mol. The lowest BCUT2D eigenvalue weighted by Crippen LogP contribution is -2.44. The number of hydroxylamine groups is 1. The van der Waals surface area contributed by atoms with Gasteiger partial charge in [0, 0.05) is 21.2 Å². The second kappa shape index (κ2) is 6.86. The number of fused-ring (bicyclic) bond motifs is 2. The number of allylic oxidation sites excluding steroid dienone is 1. The minimum Gasteiger partial charge on any atom is -0.391 e. The van der Waals surface area contributed by atoms with Crippen LogP contribution in [0.5, 0.6) is 0 Å². The SMILES string of the molecule is CCC(NOC)=C1[C@H](c2ccc(I)cc2)CC2CC(O)[C@@H]1N2. The quantitative estimate of drug-likeness (QED) is 0.524. The Kier molecular flexibility index (Phi) is 5.07. The Morgan fingerprint density at radius 3 is 2.73 bits per heavy atom. The second-order valence-electron chi connectivity index (χ2n) is 6.08. The molecule has 2 fully saturated rings. The van der Waals surface area contributed by atoms with E-state index < -0.39 is 0 Å². The molecule has 120 valence electrons. The summed E-state index contributed by atoms with van der Waals surface area (Å²) in [5, 5.41) is 14.0. The minimum atomic E-state index is -0.311. The zero-order valence-electron chi connectivity index (χ0n) is 13.0. The third-order valence-corrected chi connectivity index (χ3v) is 5.48. The van der Waals surface area contributed by atoms with E-state index in [-0.39, 0.29) is 12.1 Å². The lowest BCUT2D eigenvalue weighted by atomic mass is 9.80. The maximum absolute atomic E-state index is 10.4. The first-order valence-corrected chi connectivity index (χ1v) is 8.93. The molecule has 2 unspecified atom stereocenters. The van der Waals surface area contributed by atoms with Gasteiger partial charge in [0.2, 0.25) is 0 Å². The first-order valence-electron chi connectivity index (χ1n) is 7.85. The zero-order chi connectivity index (χ0) is 15.7. The molecule has 22 heavy (non-hydrogen) atoms. The van der Waals surface area contributed by atoms with Crippen molar-refractivity contribution in [2.75, 3.05) is 7.11 Å². The molecule has 2 bridgehead atoms. The predicted molar refractivity (Wildman–Crippen MR) is 95.3 cm³/mol. The van der Waals surface area contributed by atoms with E-state index in [1.165, 1.54) is 14.7 Å². The van der Waals surface area contributed by atoms with Crippen LogP contribution in [0.2, 0.25) is 0 Å². The summed E-state index contributed by atoms with van der Waals surface area (Å²) in [6, 6.07) is 9.16. The van der Waals surface area contributed by atoms with Gasteiger partial charge in [-0.2, -0.15) is 0 Å². The highest BCUT2D eigenvalue weighted by molar-refractivity contribution is 14.1. The molecule has 0 aromatic heterocycles. The van der Waals surface area contributed by atoms with Gasteiger partial charge in [-0.25, -0.2) is 0 Å². The van der Waals surface area contributed by atoms with Crippen molar-refractivity contribution in [3.05, 3.63) is 44.7 Å². The van der Waals surface area contributed by atoms with Gasteiger partial charge >= 0.3 is 0 Å². The summed E-state index contributed by atoms with van der Waals surface area (Å²) in [7, 11) is 1.64. The van der Waals surface area contributed by atoms with Crippen LogP contribution in [0.25, 0.3) is 0 Å². The number of piperidine rings is 1. The van der Waals surface area contributed by atoms with Crippen molar-refractivity contribution in [1.82, 2.24) is 10.8 Å². The molecule has 3 N–H and O–H groups in total. The lowest BCUT2D eigenvalue weighted by Gasteiger charge is -2.35. The average Bonchev–Trinajstić information content (AvgIpc) is 2.81. The number of halogens is 1. The Morgan fingerprint density at radius 1 is 1.36 bits per heavy atom. The number of nitrogens with one attached hydrogen (secondary N) is 2. The molecule has 0 amide bonds. The van der Waals surface area contributed by atoms with E-state index in [4.69, 9.17) is 4.84 Å². The maximum atomic E-state index is 10.4. The Balaban J connectivity index is 2.04. The summed E-state index contributed by atoms with van der Waals surface area (Å²) in [6.45, 7) is 2.12. The van der Waals surface area contributed by atoms with E-state index in [1.807, 2.05) is 0 Å². The standard InChI is InChI=1S/C17H23IN2O2/c1-3-14(20-22-2)16-13(10-4-6-11(18)7-5-10)8-12-9-15(21)17(16)19-12/h4-7,12-13,15,17,19-21H,3,8-9H2,1-2H3/t12?,13-,15?,17-/m0/s1. The fourth-order valence-corrected chi connectivity index (χ4v) is 4.18. The van der Waals surface area contributed by atoms with Crippen LogP contribution in [0.1, 0.15) is 37.7 Å². The van der Waals surface area contributed by atoms with Crippen molar-refractivity contribution >= 4 is 22.6 Å². The van der Waals surface area contributed by atoms with E-state index >= 15 is 0 Å². The molecule has 2 aliphatic rings. The van der Waals surface area contributed by atoms with Crippen LogP contribution in [0.3, 0.4) is 0 Å². The summed E-state index contributed by atoms with van der Waals surface area (Å²) < 4.78 is 1.24. The molecule has 1 aromatic rings. The van der Waals surface area contributed by atoms with Crippen LogP contribution in [0.15, 0.2) is 35.5 Å². The van der Waals surface area contributed by atoms with Crippen molar-refractivity contribution in [3.8, 4) is 0 Å². The molecule has 2 heterocycles. The Hall–Kier alpha value is -0.630. The predicted octanol–water partition coefficient (Wildman–Crippen LogP) is 2.69. The minimum absolute atomic E-state index is 0.0284. The van der Waals surface area contributed by atoms with Crippen LogP contribution in [-0.2, 0) is 4.84 Å². The van der Waals surface area contributed by atoms with Gasteiger partial charge in [-0.1, -0.05) is 19.1 Å². The molecule has 4 nitrogen and oxygen atoms in total. The fraction of sp³-hybridized carbons (Fsp3) is 0.529. The van der Waals surface area contributed by atoms with Crippen molar-refractivity contribution < 1.29 is 9.94 Å². The number of hydrogen-bond donors (Lipinski definition) is 3. The van der Waals surface area contributed by atoms with Crippen molar-refractivity contribution in [3.63, 3.8) is 0 Å². The second-order valence-corrected chi connectivity index (χ2v) is 7.32. The van der Waals surface area contributed by atoms with Gasteiger partial charge in [-0.05, 0) is 65.1 Å². The van der Waals surface area contributed by atoms with Gasteiger partial charge in [-0.15, -0.1) is 0 Å². The van der Waals surface area contributed by atoms with Gasteiger partial charge in [0.1, 0.15) is 0 Å². The number of benzene rings is 1. The monoisotopic (exact) mass is 414 g/mol. The first kappa shape index (κ1) is 16.2. The van der Waals surface area contributed by atoms with Gasteiger partial charge in [0.15, 0.2) is 0 Å². The molecule has 5 heteroatoms. The molecule has 2 aliphatic heterocycles. The van der Waals surface area contributed by atoms with Gasteiger partial charge < -0.3 is 10.4 Å². The van der Waals surface area contributed by atoms with Gasteiger partial charge in [-0.3, -0.25) is 10.3 Å². The van der Waals surface area contributed by atoms with Crippen LogP contribution in [0, 0.1) is 3.57 Å². The van der Waals surface area contributed by atoms with Crippen molar-refractivity contribution in [2.24, 2.45) is 0 Å². The zero-order valence-corrected chi connectivity index (χ0v) is 15.1. The fourth-order valence-electron chi connectivity index (χ4n) is 3.82. The topological polar surface area (TPSA) is 53.5 Å². The molecular formula is C17H23IN2O2. The third kappa shape index (κ3) is 3.04. The van der Waals surface area contributed by atoms with E-state index in [2.05, 4.69) is 64.6 Å². The number of aliphatic hydroxyl groups is 1. The van der Waals surface area contributed by atoms with E-state index in [1.54, 1.807) is 7.11 Å². The van der Waals surface area contributed by atoms with Crippen LogP contribution in [-0.4, -0.2) is 30.4 Å². The first-order chi connectivity index (χ1) is 10.6. The van der Waals surface area contributed by atoms with E-state index in [9.17, 15) is 5.11 Å². The highest BCUT2D eigenvalue weighted by Crippen LogP contribution is 2.43. The summed E-state index contributed by atoms with van der Waals surface area (Å²) in [5.74, 6) is 0.336. The molecule has 4 atom stereocenters. The highest BCUT2D eigenvalue weighted by Gasteiger charge is 2.44. The lowest BCUT2D eigenvalue weighted by molar-refractivity contribution is 0.111. The Labute approximate surface area is 145 Å². The van der Waals surface area contributed by atoms with Crippen molar-refractivity contribution in [1.29, 1.82) is 0 Å². The van der Waals surface area contributed by atoms with Crippen LogP contribution >= 0.6 is 22.6 Å². The third-order valence-electron chi connectivity index (χ3n) is 4.76. The van der Waals surface area contributed by atoms with Gasteiger partial charge in [0.25, 0.3) is 0 Å². The molecule has 1 aromatic carbocycles. The number of hydrogen-bond acceptors (Lipinski definition) is 4. The molecule has 2 saturated heterocycles. The van der Waals surface area contributed by atoms with E-state index in [0.717, 1.165) is 25.0 Å². The maximum Gasteiger partial charge on any atom is 0.0747 e. The highest BCUT2D eigenvalue weighted by atomic mass is 127. The Morgan fingerprint density at radius 2 is 2.09 bits per heavy atom. The molecule has 0 saturated carbocycles. The normalized spacial score (nSPS) is 32.9. The molecule has 3 rings (SSSR count). The van der Waals surface area contributed by atoms with Gasteiger partial charge in [0.05, 0.1) is 19.3 Å². The number of rotatable bonds is 4. The summed E-state index contributed by atoms with van der Waals surface area (Å²) in [5.41, 5.74) is 6.71. The van der Waals surface area contributed by atoms with E-state index in [0.29, 0.717) is 12.0 Å². The molecule has 0 aliphatic carbocycles.